The van der Waals surface area contributed by atoms with Gasteiger partial charge in [0.2, 0.25) is 0 Å². The topological polar surface area (TPSA) is 115 Å². The van der Waals surface area contributed by atoms with Gasteiger partial charge in [0.25, 0.3) is 11.5 Å². The van der Waals surface area contributed by atoms with E-state index in [0.717, 1.165) is 6.07 Å². The van der Waals surface area contributed by atoms with E-state index in [-0.39, 0.29) is 36.2 Å². The number of halogens is 2. The zero-order chi connectivity index (χ0) is 22.1. The van der Waals surface area contributed by atoms with Crippen molar-refractivity contribution in [1.82, 2.24) is 15.3 Å². The number of aromatic hydroxyl groups is 1. The van der Waals surface area contributed by atoms with E-state index < -0.39 is 39.8 Å². The molecule has 0 spiro atoms. The fourth-order valence-electron chi connectivity index (χ4n) is 2.88. The maximum atomic E-state index is 13.9. The van der Waals surface area contributed by atoms with Crippen LogP contribution in [0, 0.1) is 17.0 Å². The van der Waals surface area contributed by atoms with Crippen LogP contribution in [0.1, 0.15) is 35.3 Å². The standard InChI is InChI=1S/C21H21F2N3O4/c1-21(2,10-27)9-25-19(29)15-18(28)17-14(26-20(15)30)7-11(8-24-17)6-12-4-3-5-13(22)16(12)23/h3-5,7-8,27H,6,9-10H2,1-2H3,(H,25,29)(H2,26,28,30). The van der Waals surface area contributed by atoms with Crippen LogP contribution in [0.15, 0.2) is 35.3 Å². The van der Waals surface area contributed by atoms with Gasteiger partial charge in [-0.05, 0) is 23.3 Å². The molecule has 0 saturated carbocycles. The average Bonchev–Trinajstić information content (AvgIpc) is 2.70. The molecule has 2 aromatic heterocycles. The summed E-state index contributed by atoms with van der Waals surface area (Å²) in [5.41, 5.74) is -1.19. The predicted octanol–water partition coefficient (Wildman–Crippen LogP) is 2.25. The van der Waals surface area contributed by atoms with Crippen molar-refractivity contribution in [2.75, 3.05) is 13.2 Å². The second-order valence-electron chi connectivity index (χ2n) is 7.81. The van der Waals surface area contributed by atoms with Gasteiger partial charge in [-0.1, -0.05) is 26.0 Å². The molecule has 0 aliphatic heterocycles. The number of aliphatic hydroxyl groups excluding tert-OH is 1. The lowest BCUT2D eigenvalue weighted by atomic mass is 9.95. The van der Waals surface area contributed by atoms with Crippen LogP contribution in [-0.2, 0) is 6.42 Å². The van der Waals surface area contributed by atoms with Crippen LogP contribution in [0.2, 0.25) is 0 Å². The van der Waals surface area contributed by atoms with Gasteiger partial charge in [-0.15, -0.1) is 0 Å². The fraction of sp³-hybridized carbons (Fsp3) is 0.286. The minimum atomic E-state index is -0.966. The molecule has 1 amide bonds. The third kappa shape index (κ3) is 4.30. The number of hydrogen-bond acceptors (Lipinski definition) is 5. The van der Waals surface area contributed by atoms with Gasteiger partial charge < -0.3 is 20.5 Å². The SMILES string of the molecule is CC(C)(CO)CNC(=O)c1c(O)c2ncc(Cc3cccc(F)c3F)cc2[nH]c1=O. The Labute approximate surface area is 170 Å². The smallest absolute Gasteiger partial charge is 0.265 e. The van der Waals surface area contributed by atoms with Crippen molar-refractivity contribution >= 4 is 16.9 Å². The highest BCUT2D eigenvalue weighted by Crippen LogP contribution is 2.25. The average molecular weight is 417 g/mol. The maximum absolute atomic E-state index is 13.9. The number of fused-ring (bicyclic) bond motifs is 1. The van der Waals surface area contributed by atoms with Crippen molar-refractivity contribution in [2.45, 2.75) is 20.3 Å². The van der Waals surface area contributed by atoms with Crippen LogP contribution in [0.5, 0.6) is 5.75 Å². The largest absolute Gasteiger partial charge is 0.505 e. The molecular formula is C21H21F2N3O4. The summed E-state index contributed by atoms with van der Waals surface area (Å²) >= 11 is 0. The van der Waals surface area contributed by atoms with E-state index in [0.29, 0.717) is 5.56 Å². The number of carbonyl (C=O) groups is 1. The van der Waals surface area contributed by atoms with E-state index >= 15 is 0 Å². The summed E-state index contributed by atoms with van der Waals surface area (Å²) in [6.07, 6.45) is 1.37. The second kappa shape index (κ2) is 8.19. The van der Waals surface area contributed by atoms with Crippen LogP contribution >= 0.6 is 0 Å². The van der Waals surface area contributed by atoms with E-state index in [9.17, 15) is 28.6 Å². The molecule has 0 saturated heterocycles. The third-order valence-electron chi connectivity index (χ3n) is 4.69. The lowest BCUT2D eigenvalue weighted by Crippen LogP contribution is -2.38. The molecule has 0 fully saturated rings. The summed E-state index contributed by atoms with van der Waals surface area (Å²) in [6.45, 7) is 3.36. The number of aromatic nitrogens is 2. The molecule has 4 N–H and O–H groups in total. The summed E-state index contributed by atoms with van der Waals surface area (Å²) in [5, 5.41) is 22.2. The van der Waals surface area contributed by atoms with Crippen LogP contribution < -0.4 is 10.9 Å². The third-order valence-corrected chi connectivity index (χ3v) is 4.69. The Balaban J connectivity index is 1.93. The Morgan fingerprint density at radius 2 is 2.03 bits per heavy atom. The molecule has 0 bridgehead atoms. The molecule has 2 heterocycles. The van der Waals surface area contributed by atoms with Crippen LogP contribution in [0.3, 0.4) is 0 Å². The first-order chi connectivity index (χ1) is 14.1. The number of nitrogens with one attached hydrogen (secondary N) is 2. The first kappa shape index (κ1) is 21.4. The lowest BCUT2D eigenvalue weighted by molar-refractivity contribution is 0.0907. The van der Waals surface area contributed by atoms with Gasteiger partial charge in [-0.25, -0.2) is 8.78 Å². The molecule has 3 rings (SSSR count). The van der Waals surface area contributed by atoms with Crippen molar-refractivity contribution in [1.29, 1.82) is 0 Å². The highest BCUT2D eigenvalue weighted by atomic mass is 19.2. The van der Waals surface area contributed by atoms with Gasteiger partial charge in [0, 0.05) is 31.2 Å². The highest BCUT2D eigenvalue weighted by Gasteiger charge is 2.23. The number of aliphatic hydroxyl groups is 1. The normalized spacial score (nSPS) is 11.6. The van der Waals surface area contributed by atoms with Gasteiger partial charge in [0.15, 0.2) is 17.4 Å². The number of benzene rings is 1. The zero-order valence-electron chi connectivity index (χ0n) is 16.4. The van der Waals surface area contributed by atoms with Gasteiger partial charge in [0.1, 0.15) is 11.1 Å². The van der Waals surface area contributed by atoms with Crippen molar-refractivity contribution in [3.63, 3.8) is 0 Å². The fourth-order valence-corrected chi connectivity index (χ4v) is 2.88. The monoisotopic (exact) mass is 417 g/mol. The minimum absolute atomic E-state index is 0.00960. The molecule has 7 nitrogen and oxygen atoms in total. The summed E-state index contributed by atoms with van der Waals surface area (Å²) in [4.78, 5) is 31.4. The van der Waals surface area contributed by atoms with E-state index in [4.69, 9.17) is 0 Å². The molecule has 30 heavy (non-hydrogen) atoms. The molecule has 0 radical (unpaired) electrons. The maximum Gasteiger partial charge on any atom is 0.265 e. The molecule has 0 aliphatic rings. The number of aromatic amines is 1. The number of pyridine rings is 2. The summed E-state index contributed by atoms with van der Waals surface area (Å²) in [5.74, 6) is -3.32. The van der Waals surface area contributed by atoms with Crippen LogP contribution in [-0.4, -0.2) is 39.2 Å². The molecule has 9 heteroatoms. The number of carbonyl (C=O) groups excluding carboxylic acids is 1. The van der Waals surface area contributed by atoms with Gasteiger partial charge >= 0.3 is 0 Å². The summed E-state index contributed by atoms with van der Waals surface area (Å²) in [6, 6.07) is 5.31. The number of nitrogens with zero attached hydrogens (tertiary/aromatic N) is 1. The molecule has 0 unspecified atom stereocenters. The minimum Gasteiger partial charge on any atom is -0.505 e. The Kier molecular flexibility index (Phi) is 5.84. The first-order valence-electron chi connectivity index (χ1n) is 9.19. The Morgan fingerprint density at radius 1 is 1.30 bits per heavy atom. The quantitative estimate of drug-likeness (QED) is 0.491. The summed E-state index contributed by atoms with van der Waals surface area (Å²) < 4.78 is 27.3. The molecule has 1 aromatic carbocycles. The number of H-pyrrole nitrogens is 1. The van der Waals surface area contributed by atoms with Crippen molar-refractivity contribution in [3.05, 3.63) is 69.1 Å². The molecule has 158 valence electrons. The van der Waals surface area contributed by atoms with Crippen molar-refractivity contribution in [2.24, 2.45) is 5.41 Å². The number of rotatable bonds is 6. The summed E-state index contributed by atoms with van der Waals surface area (Å²) in [7, 11) is 0. The van der Waals surface area contributed by atoms with E-state index in [1.54, 1.807) is 13.8 Å². The lowest BCUT2D eigenvalue weighted by Gasteiger charge is -2.21. The Bertz CT molecular complexity index is 1170. The van der Waals surface area contributed by atoms with Crippen molar-refractivity contribution < 1.29 is 23.8 Å². The van der Waals surface area contributed by atoms with E-state index in [1.165, 1.54) is 24.4 Å². The highest BCUT2D eigenvalue weighted by molar-refractivity contribution is 6.01. The number of hydrogen-bond donors (Lipinski definition) is 4. The van der Waals surface area contributed by atoms with E-state index in [2.05, 4.69) is 15.3 Å². The van der Waals surface area contributed by atoms with Crippen LogP contribution in [0.25, 0.3) is 11.0 Å². The Morgan fingerprint density at radius 3 is 2.73 bits per heavy atom. The number of amides is 1. The molecule has 0 atom stereocenters. The predicted molar refractivity (Wildman–Crippen MR) is 106 cm³/mol. The zero-order valence-corrected chi connectivity index (χ0v) is 16.4. The van der Waals surface area contributed by atoms with Crippen molar-refractivity contribution in [3.8, 4) is 5.75 Å². The van der Waals surface area contributed by atoms with Gasteiger partial charge in [-0.3, -0.25) is 14.6 Å². The molecule has 0 aliphatic carbocycles. The molecule has 3 aromatic rings. The first-order valence-corrected chi connectivity index (χ1v) is 9.19. The van der Waals surface area contributed by atoms with Gasteiger partial charge in [0.05, 0.1) is 5.52 Å². The van der Waals surface area contributed by atoms with Crippen LogP contribution in [0.4, 0.5) is 8.78 Å². The molecular weight excluding hydrogens is 396 g/mol. The van der Waals surface area contributed by atoms with E-state index in [1.807, 2.05) is 0 Å². The van der Waals surface area contributed by atoms with Gasteiger partial charge in [-0.2, -0.15) is 0 Å². The Hall–Kier alpha value is -3.33. The second-order valence-corrected chi connectivity index (χ2v) is 7.81.